The molecule has 6 atom stereocenters. The molecule has 2 bridgehead atoms. The first-order valence-corrected chi connectivity index (χ1v) is 17.4. The molecule has 3 aliphatic rings. The third-order valence-electron chi connectivity index (χ3n) is 6.43. The Bertz CT molecular complexity index is 1730. The maximum atomic E-state index is 15.9. The molecule has 1 fully saturated rings. The van der Waals surface area contributed by atoms with Gasteiger partial charge in [0.1, 0.15) is 48.8 Å². The zero-order chi connectivity index (χ0) is 30.7. The molecule has 3 aromatic heterocycles. The van der Waals surface area contributed by atoms with Gasteiger partial charge in [-0.2, -0.15) is 4.99 Å². The zero-order valence-electron chi connectivity index (χ0n) is 21.6. The summed E-state index contributed by atoms with van der Waals surface area (Å²) < 4.78 is 75.3. The Morgan fingerprint density at radius 1 is 1.19 bits per heavy atom. The second-order valence-electron chi connectivity index (χ2n) is 9.49. The van der Waals surface area contributed by atoms with E-state index in [-0.39, 0.29) is 34.5 Å². The molecular weight excluding hydrogens is 661 g/mol. The second-order valence-corrected chi connectivity index (χ2v) is 15.1. The van der Waals surface area contributed by atoms with Gasteiger partial charge in [0.05, 0.1) is 31.4 Å². The van der Waals surface area contributed by atoms with Crippen molar-refractivity contribution in [2.45, 2.75) is 43.7 Å². The lowest BCUT2D eigenvalue weighted by atomic mass is 10.1. The van der Waals surface area contributed by atoms with Gasteiger partial charge in [0.2, 0.25) is 0 Å². The molecule has 0 radical (unpaired) electrons. The Hall–Kier alpha value is -2.42. The molecule has 2 unspecified atom stereocenters. The third-order valence-corrected chi connectivity index (χ3v) is 9.53. The smallest absolute Gasteiger partial charge is 0.325 e. The van der Waals surface area contributed by atoms with E-state index in [1.807, 2.05) is 0 Å². The van der Waals surface area contributed by atoms with Gasteiger partial charge in [-0.25, -0.2) is 33.1 Å². The number of guanidine groups is 1. The van der Waals surface area contributed by atoms with Crippen LogP contribution in [0.5, 0.6) is 0 Å². The summed E-state index contributed by atoms with van der Waals surface area (Å²) in [6.07, 6.45) is -2.97. The first kappa shape index (κ1) is 30.6. The van der Waals surface area contributed by atoms with Crippen LogP contribution in [0.2, 0.25) is 0 Å². The standard InChI is InChI=1S/C20H22F3N9O7P2S2/c1-9-14-17(30-19(24)28-9)32(8-27-14)18-15-13(21)11(38-18)3-35-40(33,42)37-6-20(22,23)5-31-12(4-36-41(34,43)39-15)29-10-2-25-7-26-16(10)31/h2,7-8,11,13,15,18H,1,3-6H2,(H,33,42)(H,34,43)(H3,24,28,30)/t11-,13-,15-,18-,40?,41?/m1/s1. The predicted molar refractivity (Wildman–Crippen MR) is 149 cm³/mol. The van der Waals surface area contributed by atoms with E-state index >= 15 is 13.2 Å². The van der Waals surface area contributed by atoms with Gasteiger partial charge in [0.25, 0.3) is 5.92 Å². The van der Waals surface area contributed by atoms with E-state index in [0.29, 0.717) is 5.70 Å². The van der Waals surface area contributed by atoms with Gasteiger partial charge in [0, 0.05) is 0 Å². The Kier molecular flexibility index (Phi) is 7.96. The summed E-state index contributed by atoms with van der Waals surface area (Å²) in [6.45, 7) is -8.62. The minimum atomic E-state index is -4.33. The van der Waals surface area contributed by atoms with Crippen molar-refractivity contribution in [3.05, 3.63) is 36.9 Å². The van der Waals surface area contributed by atoms with E-state index in [1.165, 1.54) is 17.1 Å². The number of rotatable bonds is 1. The molecule has 0 spiro atoms. The Labute approximate surface area is 250 Å². The van der Waals surface area contributed by atoms with Crippen molar-refractivity contribution in [3.8, 4) is 0 Å². The number of hydrogen-bond donors (Lipinski definition) is 4. The Balaban J connectivity index is 1.38. The average Bonchev–Trinajstić information content (AvgIpc) is 3.59. The second kappa shape index (κ2) is 11.2. The van der Waals surface area contributed by atoms with Crippen LogP contribution in [0, 0.1) is 0 Å². The molecule has 23 heteroatoms. The predicted octanol–water partition coefficient (Wildman–Crippen LogP) is 1.50. The van der Waals surface area contributed by atoms with E-state index < -0.39 is 70.3 Å². The van der Waals surface area contributed by atoms with Crippen LogP contribution >= 0.6 is 13.4 Å². The Morgan fingerprint density at radius 3 is 2.77 bits per heavy atom. The fraction of sp³-hybridized carbons (Fsp3) is 0.450. The number of alkyl halides is 3. The zero-order valence-corrected chi connectivity index (χ0v) is 25.0. The summed E-state index contributed by atoms with van der Waals surface area (Å²) in [5.74, 6) is -3.68. The van der Waals surface area contributed by atoms with Crippen LogP contribution in [0.3, 0.4) is 0 Å². The van der Waals surface area contributed by atoms with Gasteiger partial charge in [-0.15, -0.1) is 0 Å². The molecule has 3 aliphatic heterocycles. The number of nitrogens with two attached hydrogens (primary N) is 1. The van der Waals surface area contributed by atoms with E-state index in [4.69, 9.17) is 52.2 Å². The maximum absolute atomic E-state index is 15.9. The summed E-state index contributed by atoms with van der Waals surface area (Å²) in [7, 11) is 0. The van der Waals surface area contributed by atoms with E-state index in [1.54, 1.807) is 0 Å². The van der Waals surface area contributed by atoms with Gasteiger partial charge in [-0.1, -0.05) is 6.58 Å². The van der Waals surface area contributed by atoms with Crippen LogP contribution in [0.4, 0.5) is 19.0 Å². The third kappa shape index (κ3) is 6.25. The van der Waals surface area contributed by atoms with Crippen molar-refractivity contribution in [1.29, 1.82) is 0 Å². The molecule has 1 saturated heterocycles. The number of nitrogens with zero attached hydrogens (tertiary/aromatic N) is 7. The van der Waals surface area contributed by atoms with Gasteiger partial charge in [0.15, 0.2) is 29.8 Å². The highest BCUT2D eigenvalue weighted by Gasteiger charge is 2.51. The first-order valence-electron chi connectivity index (χ1n) is 12.2. The molecule has 0 amide bonds. The van der Waals surface area contributed by atoms with Gasteiger partial charge >= 0.3 is 13.4 Å². The number of nitrogens with one attached hydrogen (secondary N) is 1. The molecular formula is C20H22F3N9O7P2S2. The highest BCUT2D eigenvalue weighted by Crippen LogP contribution is 2.52. The maximum Gasteiger partial charge on any atom is 0.325 e. The van der Waals surface area contributed by atoms with Crippen molar-refractivity contribution < 1.29 is 45.8 Å². The van der Waals surface area contributed by atoms with Crippen LogP contribution in [0.1, 0.15) is 17.7 Å². The summed E-state index contributed by atoms with van der Waals surface area (Å²) in [5.41, 5.74) is 6.54. The van der Waals surface area contributed by atoms with E-state index in [9.17, 15) is 9.79 Å². The summed E-state index contributed by atoms with van der Waals surface area (Å²) in [4.78, 5) is 41.9. The topological polar surface area (TPSA) is 198 Å². The van der Waals surface area contributed by atoms with Crippen LogP contribution in [0.25, 0.3) is 16.9 Å². The number of imidazole rings is 2. The van der Waals surface area contributed by atoms with E-state index in [0.717, 1.165) is 10.9 Å². The van der Waals surface area contributed by atoms with Crippen molar-refractivity contribution in [2.75, 3.05) is 13.2 Å². The number of ether oxygens (including phenoxy) is 1. The Morgan fingerprint density at radius 2 is 1.98 bits per heavy atom. The number of halogens is 3. The lowest BCUT2D eigenvalue weighted by Crippen LogP contribution is -2.34. The van der Waals surface area contributed by atoms with Crippen molar-refractivity contribution in [1.82, 2.24) is 34.4 Å². The van der Waals surface area contributed by atoms with E-state index in [2.05, 4.69) is 36.8 Å². The molecule has 3 aromatic rings. The minimum absolute atomic E-state index is 0.0120. The molecule has 16 nitrogen and oxygen atoms in total. The molecule has 6 rings (SSSR count). The van der Waals surface area contributed by atoms with Crippen LogP contribution in [0.15, 0.2) is 30.4 Å². The largest absolute Gasteiger partial charge is 0.369 e. The fourth-order valence-corrected chi connectivity index (χ4v) is 6.99. The number of hydrogen-bond acceptors (Lipinski definition) is 14. The lowest BCUT2D eigenvalue weighted by molar-refractivity contribution is -0.0645. The molecule has 0 saturated carbocycles. The monoisotopic (exact) mass is 683 g/mol. The van der Waals surface area contributed by atoms with Crippen LogP contribution < -0.4 is 11.1 Å². The highest BCUT2D eigenvalue weighted by atomic mass is 32.5. The summed E-state index contributed by atoms with van der Waals surface area (Å²) >= 11 is 10.1. The average molecular weight is 684 g/mol. The number of aromatic nitrogens is 6. The summed E-state index contributed by atoms with van der Waals surface area (Å²) in [5, 5.41) is 2.71. The van der Waals surface area contributed by atoms with Crippen LogP contribution in [-0.4, -0.2) is 82.3 Å². The molecule has 43 heavy (non-hydrogen) atoms. The first-order chi connectivity index (χ1) is 20.2. The van der Waals surface area contributed by atoms with Crippen molar-refractivity contribution >= 4 is 65.7 Å². The molecule has 5 N–H and O–H groups in total. The van der Waals surface area contributed by atoms with Crippen molar-refractivity contribution in [3.63, 3.8) is 0 Å². The quantitative estimate of drug-likeness (QED) is 0.269. The van der Waals surface area contributed by atoms with Crippen LogP contribution in [-0.2, 0) is 59.6 Å². The fourth-order valence-electron chi connectivity index (χ4n) is 4.57. The molecule has 232 valence electrons. The SMILES string of the molecule is C=C1NC(N)=Nc2c1ncn2[C@@H]1O[C@@H]2COP(O)(=S)OCC(F)(F)Cn3c(nc4cncnc43)COP(O)(=S)O[C@@H]1[C@@H]2F. The molecule has 0 aliphatic carbocycles. The molecule has 0 aromatic carbocycles. The van der Waals surface area contributed by atoms with Gasteiger partial charge in [-0.3, -0.25) is 9.09 Å². The number of aliphatic imine (C=N–C) groups is 1. The molecule has 6 heterocycles. The number of fused-ring (bicyclic) bond motifs is 6. The minimum Gasteiger partial charge on any atom is -0.369 e. The van der Waals surface area contributed by atoms with Gasteiger partial charge < -0.3 is 43.7 Å². The van der Waals surface area contributed by atoms with Crippen molar-refractivity contribution in [2.24, 2.45) is 10.7 Å². The lowest BCUT2D eigenvalue weighted by Gasteiger charge is -2.26. The summed E-state index contributed by atoms with van der Waals surface area (Å²) in [6, 6.07) is 0. The normalized spacial score (nSPS) is 33.4. The highest BCUT2D eigenvalue weighted by molar-refractivity contribution is 8.07. The van der Waals surface area contributed by atoms with Gasteiger partial charge in [-0.05, 0) is 23.6 Å².